The smallest absolute Gasteiger partial charge is 0.414 e. The SMILES string of the molecule is COCCOC1(C(=O)Nc2cccc(OC(=O)N(C)C)c2)CCN(C(=O)OC(C)(C)C)CC1. The number of nitrogens with zero attached hydrogens (tertiary/aromatic N) is 2. The predicted molar refractivity (Wildman–Crippen MR) is 122 cm³/mol. The normalized spacial score (nSPS) is 15.5. The van der Waals surface area contributed by atoms with Crippen LogP contribution in [0.2, 0.25) is 0 Å². The van der Waals surface area contributed by atoms with Gasteiger partial charge in [-0.15, -0.1) is 0 Å². The van der Waals surface area contributed by atoms with E-state index in [2.05, 4.69) is 5.32 Å². The van der Waals surface area contributed by atoms with Gasteiger partial charge in [-0.25, -0.2) is 9.59 Å². The molecule has 1 heterocycles. The van der Waals surface area contributed by atoms with Gasteiger partial charge in [-0.2, -0.15) is 0 Å². The summed E-state index contributed by atoms with van der Waals surface area (Å²) >= 11 is 0. The van der Waals surface area contributed by atoms with Crippen LogP contribution in [0.15, 0.2) is 24.3 Å². The number of carbonyl (C=O) groups excluding carboxylic acids is 3. The molecule has 1 aliphatic heterocycles. The molecule has 0 atom stereocenters. The Balaban J connectivity index is 2.10. The molecule has 3 amide bonds. The summed E-state index contributed by atoms with van der Waals surface area (Å²) in [7, 11) is 4.72. The summed E-state index contributed by atoms with van der Waals surface area (Å²) in [5.41, 5.74) is -1.26. The number of likely N-dealkylation sites (tertiary alicyclic amines) is 1. The Morgan fingerprint density at radius 3 is 2.36 bits per heavy atom. The van der Waals surface area contributed by atoms with Crippen LogP contribution in [-0.2, 0) is 19.0 Å². The second kappa shape index (κ2) is 11.3. The maximum Gasteiger partial charge on any atom is 0.414 e. The number of anilines is 1. The van der Waals surface area contributed by atoms with E-state index >= 15 is 0 Å². The number of nitrogens with one attached hydrogen (secondary N) is 1. The summed E-state index contributed by atoms with van der Waals surface area (Å²) in [5, 5.41) is 2.86. The number of amides is 3. The van der Waals surface area contributed by atoms with Crippen molar-refractivity contribution < 1.29 is 33.3 Å². The molecule has 2 rings (SSSR count). The van der Waals surface area contributed by atoms with Crippen LogP contribution in [0.4, 0.5) is 15.3 Å². The van der Waals surface area contributed by atoms with Gasteiger partial charge in [0.15, 0.2) is 0 Å². The number of hydrogen-bond acceptors (Lipinski definition) is 7. The molecular formula is C23H35N3O7. The molecule has 10 heteroatoms. The Labute approximate surface area is 195 Å². The zero-order valence-corrected chi connectivity index (χ0v) is 20.3. The molecule has 1 aliphatic rings. The van der Waals surface area contributed by atoms with E-state index in [1.54, 1.807) is 50.4 Å². The maximum absolute atomic E-state index is 13.3. The molecule has 1 fully saturated rings. The van der Waals surface area contributed by atoms with Crippen LogP contribution >= 0.6 is 0 Å². The standard InChI is InChI=1S/C23H35N3O7/c1-22(2,3)33-21(29)26-12-10-23(11-13-26,31-15-14-30-6)19(27)24-17-8-7-9-18(16-17)32-20(28)25(4)5/h7-9,16H,10-15H2,1-6H3,(H,24,27). The lowest BCUT2D eigenvalue weighted by Crippen LogP contribution is -2.55. The number of rotatable bonds is 7. The van der Waals surface area contributed by atoms with Crippen molar-refractivity contribution in [2.45, 2.75) is 44.8 Å². The minimum Gasteiger partial charge on any atom is -0.444 e. The Kier molecular flexibility index (Phi) is 9.07. The zero-order valence-electron chi connectivity index (χ0n) is 20.3. The van der Waals surface area contributed by atoms with Crippen LogP contribution in [-0.4, -0.2) is 86.6 Å². The highest BCUT2D eigenvalue weighted by Crippen LogP contribution is 2.30. The highest BCUT2D eigenvalue weighted by Gasteiger charge is 2.44. The van der Waals surface area contributed by atoms with E-state index in [0.717, 1.165) is 0 Å². The van der Waals surface area contributed by atoms with Gasteiger partial charge in [-0.1, -0.05) is 6.07 Å². The summed E-state index contributed by atoms with van der Waals surface area (Å²) in [6.45, 7) is 6.63. The van der Waals surface area contributed by atoms with Crippen molar-refractivity contribution in [2.75, 3.05) is 52.8 Å². The second-order valence-electron chi connectivity index (χ2n) is 9.05. The van der Waals surface area contributed by atoms with Gasteiger partial charge in [-0.3, -0.25) is 4.79 Å². The van der Waals surface area contributed by atoms with Gasteiger partial charge >= 0.3 is 12.2 Å². The quantitative estimate of drug-likeness (QED) is 0.617. The lowest BCUT2D eigenvalue weighted by atomic mass is 9.90. The van der Waals surface area contributed by atoms with Crippen LogP contribution in [0.25, 0.3) is 0 Å². The van der Waals surface area contributed by atoms with Crippen molar-refractivity contribution in [1.82, 2.24) is 9.80 Å². The van der Waals surface area contributed by atoms with Crippen LogP contribution in [0.5, 0.6) is 5.75 Å². The van der Waals surface area contributed by atoms with Gasteiger partial charge in [-0.05, 0) is 32.9 Å². The van der Waals surface area contributed by atoms with Crippen molar-refractivity contribution in [3.05, 3.63) is 24.3 Å². The number of benzene rings is 1. The van der Waals surface area contributed by atoms with Crippen LogP contribution in [0.3, 0.4) is 0 Å². The molecule has 0 bridgehead atoms. The average molecular weight is 466 g/mol. The van der Waals surface area contributed by atoms with Crippen molar-refractivity contribution in [3.63, 3.8) is 0 Å². The number of piperidine rings is 1. The number of carbonyl (C=O) groups is 3. The summed E-state index contributed by atoms with van der Waals surface area (Å²) in [6.07, 6.45) is -0.329. The van der Waals surface area contributed by atoms with Gasteiger partial charge in [0.1, 0.15) is 17.0 Å². The molecule has 0 aromatic heterocycles. The lowest BCUT2D eigenvalue weighted by Gasteiger charge is -2.40. The molecule has 0 unspecified atom stereocenters. The topological polar surface area (TPSA) is 107 Å². The van der Waals surface area contributed by atoms with Crippen molar-refractivity contribution in [1.29, 1.82) is 0 Å². The summed E-state index contributed by atoms with van der Waals surface area (Å²) in [4.78, 5) is 40.4. The van der Waals surface area contributed by atoms with E-state index in [0.29, 0.717) is 44.0 Å². The first-order valence-corrected chi connectivity index (χ1v) is 10.9. The van der Waals surface area contributed by atoms with Gasteiger partial charge in [0.05, 0.1) is 13.2 Å². The van der Waals surface area contributed by atoms with E-state index in [4.69, 9.17) is 18.9 Å². The van der Waals surface area contributed by atoms with Crippen LogP contribution < -0.4 is 10.1 Å². The Morgan fingerprint density at radius 1 is 1.12 bits per heavy atom. The molecule has 0 spiro atoms. The highest BCUT2D eigenvalue weighted by atomic mass is 16.6. The number of hydrogen-bond donors (Lipinski definition) is 1. The third-order valence-electron chi connectivity index (χ3n) is 4.96. The third-order valence-corrected chi connectivity index (χ3v) is 4.96. The molecule has 10 nitrogen and oxygen atoms in total. The molecule has 0 aliphatic carbocycles. The van der Waals surface area contributed by atoms with Gasteiger partial charge in [0, 0.05) is 58.9 Å². The van der Waals surface area contributed by atoms with Crippen molar-refractivity contribution in [3.8, 4) is 5.75 Å². The second-order valence-corrected chi connectivity index (χ2v) is 9.05. The van der Waals surface area contributed by atoms with Crippen molar-refractivity contribution >= 4 is 23.8 Å². The Hall–Kier alpha value is -2.85. The fraction of sp³-hybridized carbons (Fsp3) is 0.609. The molecule has 1 aromatic carbocycles. The van der Waals surface area contributed by atoms with Gasteiger partial charge in [0.2, 0.25) is 0 Å². The predicted octanol–water partition coefficient (Wildman–Crippen LogP) is 3.12. The molecule has 0 radical (unpaired) electrons. The fourth-order valence-electron chi connectivity index (χ4n) is 3.21. The molecule has 184 valence electrons. The first-order chi connectivity index (χ1) is 15.5. The van der Waals surface area contributed by atoms with E-state index in [-0.39, 0.29) is 12.5 Å². The van der Waals surface area contributed by atoms with E-state index < -0.39 is 23.4 Å². The Bertz CT molecular complexity index is 828. The minimum atomic E-state index is -1.13. The van der Waals surface area contributed by atoms with Gasteiger partial charge in [0.25, 0.3) is 5.91 Å². The first-order valence-electron chi connectivity index (χ1n) is 10.9. The van der Waals surface area contributed by atoms with Gasteiger partial charge < -0.3 is 34.1 Å². The van der Waals surface area contributed by atoms with E-state index in [1.807, 2.05) is 20.8 Å². The maximum atomic E-state index is 13.3. The molecule has 1 saturated heterocycles. The average Bonchev–Trinajstić information content (AvgIpc) is 2.73. The summed E-state index contributed by atoms with van der Waals surface area (Å²) < 4.78 is 21.8. The highest BCUT2D eigenvalue weighted by molar-refractivity contribution is 5.97. The van der Waals surface area contributed by atoms with Crippen LogP contribution in [0.1, 0.15) is 33.6 Å². The van der Waals surface area contributed by atoms with E-state index in [9.17, 15) is 14.4 Å². The molecular weight excluding hydrogens is 430 g/mol. The minimum absolute atomic E-state index is 0.233. The molecule has 1 aromatic rings. The fourth-order valence-corrected chi connectivity index (χ4v) is 3.21. The largest absolute Gasteiger partial charge is 0.444 e. The summed E-state index contributed by atoms with van der Waals surface area (Å²) in [6, 6.07) is 6.57. The van der Waals surface area contributed by atoms with Crippen LogP contribution in [0, 0.1) is 0 Å². The summed E-state index contributed by atoms with van der Waals surface area (Å²) in [5.74, 6) is -0.0286. The lowest BCUT2D eigenvalue weighted by molar-refractivity contribution is -0.150. The molecule has 0 saturated carbocycles. The number of ether oxygens (including phenoxy) is 4. The molecule has 33 heavy (non-hydrogen) atoms. The monoisotopic (exact) mass is 465 g/mol. The van der Waals surface area contributed by atoms with E-state index in [1.165, 1.54) is 4.90 Å². The number of methoxy groups -OCH3 is 1. The third kappa shape index (κ3) is 7.90. The van der Waals surface area contributed by atoms with Crippen molar-refractivity contribution in [2.24, 2.45) is 0 Å². The Morgan fingerprint density at radius 2 is 1.79 bits per heavy atom. The zero-order chi connectivity index (χ0) is 24.6. The first kappa shape index (κ1) is 26.4. The molecule has 1 N–H and O–H groups in total.